The van der Waals surface area contributed by atoms with Crippen LogP contribution in [0, 0.1) is 0 Å². The smallest absolute Gasteiger partial charge is 0.243 e. The number of thioether (sulfide) groups is 1. The van der Waals surface area contributed by atoms with Crippen LogP contribution in [-0.2, 0) is 4.79 Å². The Bertz CT molecular complexity index is 394. The molecule has 16 heavy (non-hydrogen) atoms. The largest absolute Gasteiger partial charge is 0.320 e. The molecule has 0 saturated carbocycles. The van der Waals surface area contributed by atoms with E-state index in [0.29, 0.717) is 6.42 Å². The van der Waals surface area contributed by atoms with Crippen LogP contribution in [0.15, 0.2) is 29.2 Å². The summed E-state index contributed by atoms with van der Waals surface area (Å²) in [5, 5.41) is 0. The maximum absolute atomic E-state index is 12.1. The molecule has 3 nitrogen and oxygen atoms in total. The van der Waals surface area contributed by atoms with Crippen LogP contribution in [0.25, 0.3) is 0 Å². The summed E-state index contributed by atoms with van der Waals surface area (Å²) in [6.45, 7) is 2.70. The summed E-state index contributed by atoms with van der Waals surface area (Å²) in [4.78, 5) is 15.1. The van der Waals surface area contributed by atoms with Gasteiger partial charge in [0.25, 0.3) is 0 Å². The predicted molar refractivity (Wildman–Crippen MR) is 67.8 cm³/mol. The van der Waals surface area contributed by atoms with Gasteiger partial charge < -0.3 is 10.6 Å². The van der Waals surface area contributed by atoms with Gasteiger partial charge in [0.15, 0.2) is 0 Å². The van der Waals surface area contributed by atoms with Gasteiger partial charge in [0.05, 0.1) is 11.7 Å². The van der Waals surface area contributed by atoms with Crippen LogP contribution < -0.4 is 10.6 Å². The van der Waals surface area contributed by atoms with Crippen molar-refractivity contribution in [2.45, 2.75) is 24.3 Å². The Morgan fingerprint density at radius 3 is 3.06 bits per heavy atom. The van der Waals surface area contributed by atoms with Crippen molar-refractivity contribution in [2.75, 3.05) is 17.2 Å². The summed E-state index contributed by atoms with van der Waals surface area (Å²) < 4.78 is 0. The Labute approximate surface area is 100.0 Å². The number of hydrogen-bond donors (Lipinski definition) is 1. The van der Waals surface area contributed by atoms with E-state index in [1.54, 1.807) is 11.8 Å². The van der Waals surface area contributed by atoms with Crippen LogP contribution in [0.3, 0.4) is 0 Å². The lowest BCUT2D eigenvalue weighted by molar-refractivity contribution is -0.119. The summed E-state index contributed by atoms with van der Waals surface area (Å²) in [7, 11) is 0. The number of fused-ring (bicyclic) bond motifs is 1. The number of amides is 1. The molecular weight excluding hydrogens is 220 g/mol. The first-order valence-electron chi connectivity index (χ1n) is 5.53. The third kappa shape index (κ3) is 2.08. The molecule has 2 N–H and O–H groups in total. The predicted octanol–water partition coefficient (Wildman–Crippen LogP) is 1.86. The van der Waals surface area contributed by atoms with E-state index in [9.17, 15) is 4.79 Å². The molecule has 1 aromatic carbocycles. The highest BCUT2D eigenvalue weighted by Crippen LogP contribution is 2.34. The second-order valence-electron chi connectivity index (χ2n) is 3.82. The molecule has 0 unspecified atom stereocenters. The van der Waals surface area contributed by atoms with E-state index in [2.05, 4.69) is 6.07 Å². The molecule has 0 bridgehead atoms. The summed E-state index contributed by atoms with van der Waals surface area (Å²) in [5.41, 5.74) is 6.81. The van der Waals surface area contributed by atoms with Crippen LogP contribution in [0.2, 0.25) is 0 Å². The third-order valence-corrected chi connectivity index (χ3v) is 3.79. The van der Waals surface area contributed by atoms with Crippen molar-refractivity contribution in [3.63, 3.8) is 0 Å². The topological polar surface area (TPSA) is 46.3 Å². The molecular formula is C12H16N2OS. The second kappa shape index (κ2) is 4.89. The molecule has 1 heterocycles. The quantitative estimate of drug-likeness (QED) is 0.852. The Kier molecular flexibility index (Phi) is 3.51. The summed E-state index contributed by atoms with van der Waals surface area (Å²) >= 11 is 1.79. The second-order valence-corrected chi connectivity index (χ2v) is 4.96. The van der Waals surface area contributed by atoms with Gasteiger partial charge in [-0.15, -0.1) is 11.8 Å². The van der Waals surface area contributed by atoms with E-state index >= 15 is 0 Å². The molecule has 0 fully saturated rings. The monoisotopic (exact) mass is 236 g/mol. The number of nitrogens with two attached hydrogens (primary N) is 1. The zero-order valence-electron chi connectivity index (χ0n) is 9.35. The van der Waals surface area contributed by atoms with Gasteiger partial charge in [-0.25, -0.2) is 0 Å². The van der Waals surface area contributed by atoms with Crippen LogP contribution in [-0.4, -0.2) is 24.2 Å². The zero-order valence-corrected chi connectivity index (χ0v) is 10.2. The van der Waals surface area contributed by atoms with Crippen LogP contribution in [0.5, 0.6) is 0 Å². The van der Waals surface area contributed by atoms with Gasteiger partial charge in [0, 0.05) is 17.2 Å². The summed E-state index contributed by atoms with van der Waals surface area (Å²) in [6.07, 6.45) is 0.685. The van der Waals surface area contributed by atoms with E-state index in [0.717, 1.165) is 18.0 Å². The average Bonchev–Trinajstić information content (AvgIpc) is 2.36. The van der Waals surface area contributed by atoms with E-state index in [1.807, 2.05) is 30.0 Å². The molecule has 2 rings (SSSR count). The number of anilines is 1. The fraction of sp³-hybridized carbons (Fsp3) is 0.417. The van der Waals surface area contributed by atoms with Gasteiger partial charge in [0.2, 0.25) is 5.91 Å². The van der Waals surface area contributed by atoms with Crippen molar-refractivity contribution in [3.8, 4) is 0 Å². The molecule has 0 spiro atoms. The molecule has 0 aliphatic carbocycles. The molecule has 1 amide bonds. The Morgan fingerprint density at radius 1 is 1.56 bits per heavy atom. The minimum absolute atomic E-state index is 0.0373. The molecule has 0 radical (unpaired) electrons. The first-order valence-corrected chi connectivity index (χ1v) is 6.51. The lowest BCUT2D eigenvalue weighted by Gasteiger charge is -2.30. The molecule has 0 aromatic heterocycles. The molecule has 1 atom stereocenters. The van der Waals surface area contributed by atoms with Crippen LogP contribution >= 0.6 is 11.8 Å². The fourth-order valence-electron chi connectivity index (χ4n) is 1.77. The van der Waals surface area contributed by atoms with Gasteiger partial charge in [-0.2, -0.15) is 0 Å². The number of benzene rings is 1. The maximum atomic E-state index is 12.1. The van der Waals surface area contributed by atoms with Gasteiger partial charge in [-0.1, -0.05) is 19.1 Å². The van der Waals surface area contributed by atoms with E-state index < -0.39 is 0 Å². The minimum atomic E-state index is -0.379. The van der Waals surface area contributed by atoms with E-state index in [1.165, 1.54) is 4.90 Å². The van der Waals surface area contributed by atoms with Crippen molar-refractivity contribution in [3.05, 3.63) is 24.3 Å². The van der Waals surface area contributed by atoms with E-state index in [4.69, 9.17) is 5.73 Å². The average molecular weight is 236 g/mol. The highest BCUT2D eigenvalue weighted by Gasteiger charge is 2.25. The normalized spacial score (nSPS) is 16.8. The maximum Gasteiger partial charge on any atom is 0.243 e. The van der Waals surface area contributed by atoms with Crippen molar-refractivity contribution < 1.29 is 4.79 Å². The van der Waals surface area contributed by atoms with Crippen molar-refractivity contribution in [2.24, 2.45) is 5.73 Å². The first kappa shape index (κ1) is 11.5. The van der Waals surface area contributed by atoms with Crippen molar-refractivity contribution in [1.29, 1.82) is 0 Å². The molecule has 0 saturated heterocycles. The standard InChI is InChI=1S/C12H16N2OS/c1-2-9(13)12(15)14-7-8-16-11-6-4-3-5-10(11)14/h3-6,9H,2,7-8,13H2,1H3/t9-/m1/s1. The number of rotatable bonds is 2. The zero-order chi connectivity index (χ0) is 11.5. The fourth-order valence-corrected chi connectivity index (χ4v) is 2.77. The molecule has 4 heteroatoms. The third-order valence-electron chi connectivity index (χ3n) is 2.75. The Balaban J connectivity index is 2.28. The molecule has 1 aliphatic heterocycles. The van der Waals surface area contributed by atoms with E-state index in [-0.39, 0.29) is 11.9 Å². The van der Waals surface area contributed by atoms with Gasteiger partial charge in [0.1, 0.15) is 0 Å². The highest BCUT2D eigenvalue weighted by molar-refractivity contribution is 7.99. The summed E-state index contributed by atoms with van der Waals surface area (Å²) in [5.74, 6) is 0.981. The number of nitrogens with zero attached hydrogens (tertiary/aromatic N) is 1. The Morgan fingerprint density at radius 2 is 2.31 bits per heavy atom. The van der Waals surface area contributed by atoms with Gasteiger partial charge in [-0.3, -0.25) is 4.79 Å². The van der Waals surface area contributed by atoms with Crippen molar-refractivity contribution in [1.82, 2.24) is 0 Å². The van der Waals surface area contributed by atoms with Crippen LogP contribution in [0.1, 0.15) is 13.3 Å². The minimum Gasteiger partial charge on any atom is -0.320 e. The lowest BCUT2D eigenvalue weighted by atomic mass is 10.2. The van der Waals surface area contributed by atoms with Crippen molar-refractivity contribution >= 4 is 23.4 Å². The lowest BCUT2D eigenvalue weighted by Crippen LogP contribution is -2.45. The summed E-state index contributed by atoms with van der Waals surface area (Å²) in [6, 6.07) is 7.62. The Hall–Kier alpha value is -1.00. The van der Waals surface area contributed by atoms with Gasteiger partial charge in [-0.05, 0) is 18.6 Å². The SMILES string of the molecule is CC[C@@H](N)C(=O)N1CCSc2ccccc21. The number of carbonyl (C=O) groups excluding carboxylic acids is 1. The first-order chi connectivity index (χ1) is 7.74. The molecule has 86 valence electrons. The highest BCUT2D eigenvalue weighted by atomic mass is 32.2. The molecule has 1 aromatic rings. The number of hydrogen-bond acceptors (Lipinski definition) is 3. The number of para-hydroxylation sites is 1. The number of carbonyl (C=O) groups is 1. The molecule has 1 aliphatic rings. The van der Waals surface area contributed by atoms with Crippen LogP contribution in [0.4, 0.5) is 5.69 Å². The van der Waals surface area contributed by atoms with Gasteiger partial charge >= 0.3 is 0 Å².